The van der Waals surface area contributed by atoms with Crippen molar-refractivity contribution in [3.63, 3.8) is 0 Å². The maximum Gasteiger partial charge on any atom is 0.246 e. The minimum absolute atomic E-state index is 0.0932. The molecule has 0 unspecified atom stereocenters. The fraction of sp³-hybridized carbons (Fsp3) is 0.308. The van der Waals surface area contributed by atoms with Gasteiger partial charge >= 0.3 is 0 Å². The van der Waals surface area contributed by atoms with Gasteiger partial charge in [0.25, 0.3) is 0 Å². The number of nitrogens with one attached hydrogen (secondary N) is 1. The summed E-state index contributed by atoms with van der Waals surface area (Å²) in [5, 5.41) is 4.26. The first-order valence-corrected chi connectivity index (χ1v) is 7.85. The van der Waals surface area contributed by atoms with Crippen LogP contribution in [0, 0.1) is 20.8 Å². The zero-order chi connectivity index (χ0) is 14.9. The zero-order valence-corrected chi connectivity index (χ0v) is 13.0. The average molecular weight is 315 g/mol. The molecular formula is C13H15ClN2O3S. The molecule has 0 aliphatic heterocycles. The molecule has 0 radical (unpaired) electrons. The summed E-state index contributed by atoms with van der Waals surface area (Å²) in [4.78, 5) is 0.0932. The molecule has 0 spiro atoms. The normalized spacial score (nSPS) is 11.8. The summed E-state index contributed by atoms with van der Waals surface area (Å²) in [7, 11) is -3.65. The lowest BCUT2D eigenvalue weighted by Gasteiger charge is -2.07. The van der Waals surface area contributed by atoms with E-state index in [1.807, 2.05) is 19.1 Å². The first kappa shape index (κ1) is 15.0. The number of aromatic nitrogens is 1. The van der Waals surface area contributed by atoms with Gasteiger partial charge < -0.3 is 4.52 Å². The van der Waals surface area contributed by atoms with Crippen LogP contribution in [0.4, 0.5) is 0 Å². The molecule has 1 aromatic heterocycles. The van der Waals surface area contributed by atoms with Gasteiger partial charge in [0.1, 0.15) is 10.6 Å². The Morgan fingerprint density at radius 3 is 2.55 bits per heavy atom. The van der Waals surface area contributed by atoms with Crippen molar-refractivity contribution in [1.82, 2.24) is 9.88 Å². The standard InChI is InChI=1S/C13H15ClN2O3S/c1-8-4-5-11(6-12(8)14)7-15-20(17,18)13-9(2)16-19-10(13)3/h4-6,15H,7H2,1-3H3. The summed E-state index contributed by atoms with van der Waals surface area (Å²) in [5.41, 5.74) is 2.08. The lowest BCUT2D eigenvalue weighted by atomic mass is 10.1. The van der Waals surface area contributed by atoms with E-state index >= 15 is 0 Å². The molecule has 0 amide bonds. The highest BCUT2D eigenvalue weighted by Gasteiger charge is 2.23. The predicted octanol–water partition coefficient (Wildman–Crippen LogP) is 2.73. The smallest absolute Gasteiger partial charge is 0.246 e. The van der Waals surface area contributed by atoms with Crippen LogP contribution in [-0.2, 0) is 16.6 Å². The highest BCUT2D eigenvalue weighted by molar-refractivity contribution is 7.89. The maximum atomic E-state index is 12.2. The Morgan fingerprint density at radius 2 is 2.00 bits per heavy atom. The van der Waals surface area contributed by atoms with E-state index in [9.17, 15) is 8.42 Å². The highest BCUT2D eigenvalue weighted by atomic mass is 35.5. The molecule has 0 saturated carbocycles. The second kappa shape index (κ2) is 5.55. The molecule has 0 atom stereocenters. The first-order chi connectivity index (χ1) is 9.31. The summed E-state index contributed by atoms with van der Waals surface area (Å²) in [5.74, 6) is 0.275. The summed E-state index contributed by atoms with van der Waals surface area (Å²) in [6.45, 7) is 5.21. The molecular weight excluding hydrogens is 300 g/mol. The van der Waals surface area contributed by atoms with Crippen molar-refractivity contribution in [1.29, 1.82) is 0 Å². The first-order valence-electron chi connectivity index (χ1n) is 5.99. The lowest BCUT2D eigenvalue weighted by Crippen LogP contribution is -2.24. The average Bonchev–Trinajstić information content (AvgIpc) is 2.71. The van der Waals surface area contributed by atoms with Gasteiger partial charge in [-0.25, -0.2) is 13.1 Å². The number of nitrogens with zero attached hydrogens (tertiary/aromatic N) is 1. The molecule has 1 aromatic carbocycles. The largest absolute Gasteiger partial charge is 0.360 e. The van der Waals surface area contributed by atoms with Gasteiger partial charge in [-0.1, -0.05) is 28.9 Å². The van der Waals surface area contributed by atoms with E-state index in [1.165, 1.54) is 0 Å². The SMILES string of the molecule is Cc1ccc(CNS(=O)(=O)c2c(C)noc2C)cc1Cl. The number of benzene rings is 1. The summed E-state index contributed by atoms with van der Waals surface area (Å²) in [6.07, 6.45) is 0. The molecule has 1 N–H and O–H groups in total. The van der Waals surface area contributed by atoms with Crippen LogP contribution in [0.25, 0.3) is 0 Å². The van der Waals surface area contributed by atoms with Gasteiger partial charge in [0.05, 0.1) is 0 Å². The van der Waals surface area contributed by atoms with E-state index < -0.39 is 10.0 Å². The van der Waals surface area contributed by atoms with Crippen molar-refractivity contribution in [2.75, 3.05) is 0 Å². The molecule has 7 heteroatoms. The van der Waals surface area contributed by atoms with Crippen LogP contribution in [0.3, 0.4) is 0 Å². The van der Waals surface area contributed by atoms with Crippen molar-refractivity contribution in [3.8, 4) is 0 Å². The molecule has 2 aromatic rings. The number of aryl methyl sites for hydroxylation is 3. The van der Waals surface area contributed by atoms with Gasteiger partial charge in [-0.15, -0.1) is 0 Å². The van der Waals surface area contributed by atoms with E-state index in [0.29, 0.717) is 10.7 Å². The quantitative estimate of drug-likeness (QED) is 0.941. The Hall–Kier alpha value is -1.37. The van der Waals surface area contributed by atoms with E-state index in [2.05, 4.69) is 9.88 Å². The van der Waals surface area contributed by atoms with Gasteiger partial charge in [-0.3, -0.25) is 0 Å². The molecule has 2 rings (SSSR count). The van der Waals surface area contributed by atoms with Crippen molar-refractivity contribution in [3.05, 3.63) is 45.8 Å². The Balaban J connectivity index is 2.19. The summed E-state index contributed by atoms with van der Waals surface area (Å²) >= 11 is 6.01. The fourth-order valence-electron chi connectivity index (χ4n) is 1.86. The molecule has 0 bridgehead atoms. The Bertz CT molecular complexity index is 719. The molecule has 5 nitrogen and oxygen atoms in total. The van der Waals surface area contributed by atoms with Crippen molar-refractivity contribution >= 4 is 21.6 Å². The van der Waals surface area contributed by atoms with Crippen LogP contribution in [-0.4, -0.2) is 13.6 Å². The second-order valence-electron chi connectivity index (χ2n) is 4.56. The summed E-state index contributed by atoms with van der Waals surface area (Å²) < 4.78 is 31.8. The lowest BCUT2D eigenvalue weighted by molar-refractivity contribution is 0.390. The Morgan fingerprint density at radius 1 is 1.30 bits per heavy atom. The zero-order valence-electron chi connectivity index (χ0n) is 11.4. The minimum Gasteiger partial charge on any atom is -0.360 e. The topological polar surface area (TPSA) is 72.2 Å². The third kappa shape index (κ3) is 3.03. The second-order valence-corrected chi connectivity index (χ2v) is 6.67. The van der Waals surface area contributed by atoms with Crippen LogP contribution < -0.4 is 4.72 Å². The van der Waals surface area contributed by atoms with Crippen LogP contribution in [0.2, 0.25) is 5.02 Å². The maximum absolute atomic E-state index is 12.2. The number of rotatable bonds is 4. The molecule has 0 aliphatic rings. The van der Waals surface area contributed by atoms with Gasteiger partial charge in [0.15, 0.2) is 5.76 Å². The molecule has 0 aliphatic carbocycles. The number of hydrogen-bond donors (Lipinski definition) is 1. The number of sulfonamides is 1. The van der Waals surface area contributed by atoms with Crippen molar-refractivity contribution < 1.29 is 12.9 Å². The molecule has 0 fully saturated rings. The third-order valence-electron chi connectivity index (χ3n) is 2.94. The van der Waals surface area contributed by atoms with Crippen molar-refractivity contribution in [2.45, 2.75) is 32.2 Å². The number of halogens is 1. The minimum atomic E-state index is -3.65. The van der Waals surface area contributed by atoms with Gasteiger partial charge in [0.2, 0.25) is 10.0 Å². The third-order valence-corrected chi connectivity index (χ3v) is 4.99. The Kier molecular flexibility index (Phi) is 4.17. The van der Waals surface area contributed by atoms with Crippen molar-refractivity contribution in [2.24, 2.45) is 0 Å². The van der Waals surface area contributed by atoms with E-state index in [0.717, 1.165) is 11.1 Å². The molecule has 1 heterocycles. The number of hydrogen-bond acceptors (Lipinski definition) is 4. The van der Waals surface area contributed by atoms with E-state index in [1.54, 1.807) is 19.9 Å². The predicted molar refractivity (Wildman–Crippen MR) is 76.2 cm³/mol. The monoisotopic (exact) mass is 314 g/mol. The fourth-order valence-corrected chi connectivity index (χ4v) is 3.40. The highest BCUT2D eigenvalue weighted by Crippen LogP contribution is 2.20. The van der Waals surface area contributed by atoms with Gasteiger partial charge in [0, 0.05) is 11.6 Å². The Labute approximate surface area is 123 Å². The van der Waals surface area contributed by atoms with Gasteiger partial charge in [-0.05, 0) is 38.0 Å². The summed E-state index contributed by atoms with van der Waals surface area (Å²) in [6, 6.07) is 5.42. The molecule has 0 saturated heterocycles. The van der Waals surface area contributed by atoms with Crippen LogP contribution in [0.5, 0.6) is 0 Å². The van der Waals surface area contributed by atoms with E-state index in [4.69, 9.17) is 16.1 Å². The van der Waals surface area contributed by atoms with Crippen LogP contribution >= 0.6 is 11.6 Å². The van der Waals surface area contributed by atoms with Crippen LogP contribution in [0.1, 0.15) is 22.6 Å². The van der Waals surface area contributed by atoms with Crippen LogP contribution in [0.15, 0.2) is 27.6 Å². The van der Waals surface area contributed by atoms with Gasteiger partial charge in [-0.2, -0.15) is 0 Å². The van der Waals surface area contributed by atoms with E-state index in [-0.39, 0.29) is 17.2 Å². The molecule has 20 heavy (non-hydrogen) atoms. The molecule has 108 valence electrons.